The molecule has 0 aliphatic carbocycles. The summed E-state index contributed by atoms with van der Waals surface area (Å²) in [5.74, 6) is 3.00. The molecule has 1 aromatic carbocycles. The van der Waals surface area contributed by atoms with Gasteiger partial charge >= 0.3 is 0 Å². The third kappa shape index (κ3) is 11.2. The highest BCUT2D eigenvalue weighted by Gasteiger charge is 2.22. The van der Waals surface area contributed by atoms with Crippen molar-refractivity contribution in [1.82, 2.24) is 5.16 Å². The van der Waals surface area contributed by atoms with Gasteiger partial charge in [-0.25, -0.2) is 0 Å². The van der Waals surface area contributed by atoms with Crippen molar-refractivity contribution in [2.45, 2.75) is 105 Å². The number of aromatic nitrogens is 1. The van der Waals surface area contributed by atoms with Crippen molar-refractivity contribution in [2.75, 3.05) is 5.75 Å². The van der Waals surface area contributed by atoms with E-state index in [1.807, 2.05) is 38.6 Å². The second kappa shape index (κ2) is 17.9. The van der Waals surface area contributed by atoms with Gasteiger partial charge in [0.2, 0.25) is 0 Å². The maximum atomic E-state index is 6.18. The molecule has 5 nitrogen and oxygen atoms in total. The summed E-state index contributed by atoms with van der Waals surface area (Å²) in [5.41, 5.74) is 13.8. The molecule has 0 bridgehead atoms. The number of hydrogen-bond donors (Lipinski definition) is 1. The first-order chi connectivity index (χ1) is 18.8. The zero-order valence-corrected chi connectivity index (χ0v) is 25.9. The number of unbranched alkanes of at least 4 members (excludes halogenated alkanes) is 1. The molecule has 1 aliphatic heterocycles. The van der Waals surface area contributed by atoms with Crippen LogP contribution in [0.15, 0.2) is 74.5 Å². The predicted octanol–water partition coefficient (Wildman–Crippen LogP) is 8.72. The Hall–Kier alpha value is -2.57. The minimum absolute atomic E-state index is 0.415. The van der Waals surface area contributed by atoms with E-state index in [4.69, 9.17) is 15.0 Å². The Morgan fingerprint density at radius 3 is 2.54 bits per heavy atom. The van der Waals surface area contributed by atoms with E-state index in [2.05, 4.69) is 74.3 Å². The first-order valence-corrected chi connectivity index (χ1v) is 15.5. The van der Waals surface area contributed by atoms with E-state index in [1.54, 1.807) is 6.21 Å². The summed E-state index contributed by atoms with van der Waals surface area (Å²) in [5, 5.41) is 4.16. The molecule has 39 heavy (non-hydrogen) atoms. The highest BCUT2D eigenvalue weighted by molar-refractivity contribution is 7.98. The molecule has 2 unspecified atom stereocenters. The molecule has 2 N–H and O–H groups in total. The van der Waals surface area contributed by atoms with Gasteiger partial charge in [-0.15, -0.1) is 0 Å². The number of nitrogens with two attached hydrogens (primary N) is 1. The maximum Gasteiger partial charge on any atom is 0.145 e. The van der Waals surface area contributed by atoms with E-state index in [0.717, 1.165) is 65.6 Å². The molecule has 1 aromatic heterocycles. The monoisotopic (exact) mass is 551 g/mol. The summed E-state index contributed by atoms with van der Waals surface area (Å²) in [4.78, 5) is 4.33. The second-order valence-corrected chi connectivity index (χ2v) is 11.1. The van der Waals surface area contributed by atoms with Crippen LogP contribution in [0.1, 0.15) is 96.2 Å². The summed E-state index contributed by atoms with van der Waals surface area (Å²) in [7, 11) is 0. The molecule has 0 spiro atoms. The molecule has 2 aromatic rings. The molecule has 1 saturated heterocycles. The van der Waals surface area contributed by atoms with Gasteiger partial charge in [0, 0.05) is 46.7 Å². The Kier molecular flexibility index (Phi) is 15.0. The summed E-state index contributed by atoms with van der Waals surface area (Å²) >= 11 is 1.92. The van der Waals surface area contributed by atoms with E-state index in [0.29, 0.717) is 12.2 Å². The maximum absolute atomic E-state index is 6.18. The van der Waals surface area contributed by atoms with Gasteiger partial charge in [-0.3, -0.25) is 4.99 Å². The van der Waals surface area contributed by atoms with Crippen molar-refractivity contribution in [2.24, 2.45) is 10.7 Å². The minimum atomic E-state index is 0.415. The van der Waals surface area contributed by atoms with Gasteiger partial charge in [-0.2, -0.15) is 11.8 Å². The summed E-state index contributed by atoms with van der Waals surface area (Å²) in [6.45, 7) is 14.5. The number of rotatable bonds is 12. The van der Waals surface area contributed by atoms with Crippen LogP contribution in [0, 0.1) is 6.92 Å². The van der Waals surface area contributed by atoms with Crippen LogP contribution in [0.3, 0.4) is 0 Å². The number of hydrogen-bond acceptors (Lipinski definition) is 6. The SMILES string of the molecule is CC=N/C(C)=C(/C=C\CCC)C(\N)=C(/C)CC.Cc1noc(Cc2ccccc2)c1CSCC1CCC(C)O1. The molecular weight excluding hydrogens is 502 g/mol. The first-order valence-electron chi connectivity index (χ1n) is 14.3. The Bertz CT molecular complexity index is 1120. The largest absolute Gasteiger partial charge is 0.398 e. The zero-order chi connectivity index (χ0) is 28.6. The van der Waals surface area contributed by atoms with Gasteiger partial charge in [0.05, 0.1) is 17.9 Å². The van der Waals surface area contributed by atoms with Gasteiger partial charge in [0.1, 0.15) is 5.76 Å². The topological polar surface area (TPSA) is 73.6 Å². The quantitative estimate of drug-likeness (QED) is 0.211. The molecule has 1 aliphatic rings. The van der Waals surface area contributed by atoms with Crippen molar-refractivity contribution in [1.29, 1.82) is 0 Å². The number of aliphatic imine (C=N–C) groups is 1. The standard InChI is InChI=1S/C18H23NO2S.C15H26N2/c1-13-8-9-16(20-13)11-22-12-17-14(2)19-21-18(17)10-15-6-4-3-5-7-15;1-6-9-10-11-14(13(5)17-8-3)15(16)12(4)7-2/h3-7,13,16H,8-12H2,1-2H3;8,10-11H,6-7,9,16H2,1-5H3/b;11-10-,14-13-,15-12-,17-8?. The molecule has 6 heteroatoms. The third-order valence-electron chi connectivity index (χ3n) is 6.88. The smallest absolute Gasteiger partial charge is 0.145 e. The number of nitrogens with zero attached hydrogens (tertiary/aromatic N) is 2. The van der Waals surface area contributed by atoms with Crippen LogP contribution < -0.4 is 5.73 Å². The van der Waals surface area contributed by atoms with Gasteiger partial charge in [0.15, 0.2) is 0 Å². The number of aryl methyl sites for hydroxylation is 1. The average Bonchev–Trinajstić information content (AvgIpc) is 3.51. The highest BCUT2D eigenvalue weighted by atomic mass is 32.2. The van der Waals surface area contributed by atoms with Crippen molar-refractivity contribution < 1.29 is 9.26 Å². The summed E-state index contributed by atoms with van der Waals surface area (Å²) < 4.78 is 11.4. The lowest BCUT2D eigenvalue weighted by atomic mass is 10.0. The van der Waals surface area contributed by atoms with Crippen LogP contribution in [0.2, 0.25) is 0 Å². The molecule has 0 saturated carbocycles. The summed E-state index contributed by atoms with van der Waals surface area (Å²) in [6.07, 6.45) is 13.3. The van der Waals surface area contributed by atoms with Crippen molar-refractivity contribution in [3.8, 4) is 0 Å². The molecule has 3 rings (SSSR count). The third-order valence-corrected chi connectivity index (χ3v) is 7.98. The molecular formula is C33H49N3O2S. The fourth-order valence-corrected chi connectivity index (χ4v) is 5.50. The fourth-order valence-electron chi connectivity index (χ4n) is 4.30. The number of benzene rings is 1. The minimum Gasteiger partial charge on any atom is -0.398 e. The normalized spacial score (nSPS) is 18.7. The lowest BCUT2D eigenvalue weighted by molar-refractivity contribution is 0.0700. The number of ether oxygens (including phenoxy) is 1. The van der Waals surface area contributed by atoms with Crippen LogP contribution in [0.4, 0.5) is 0 Å². The van der Waals surface area contributed by atoms with Gasteiger partial charge in [-0.05, 0) is 71.4 Å². The molecule has 0 amide bonds. The lowest BCUT2D eigenvalue weighted by Crippen LogP contribution is -2.11. The van der Waals surface area contributed by atoms with E-state index in [-0.39, 0.29) is 0 Å². The van der Waals surface area contributed by atoms with Crippen LogP contribution >= 0.6 is 11.8 Å². The fraction of sp³-hybridized carbons (Fsp3) is 0.515. The molecule has 0 radical (unpaired) electrons. The van der Waals surface area contributed by atoms with Gasteiger partial charge in [0.25, 0.3) is 0 Å². The first kappa shape index (κ1) is 32.6. The number of thioether (sulfide) groups is 1. The van der Waals surface area contributed by atoms with Gasteiger partial charge < -0.3 is 15.0 Å². The van der Waals surface area contributed by atoms with E-state index < -0.39 is 0 Å². The van der Waals surface area contributed by atoms with Crippen LogP contribution in [-0.2, 0) is 16.9 Å². The average molecular weight is 552 g/mol. The molecule has 214 valence electrons. The summed E-state index contributed by atoms with van der Waals surface area (Å²) in [6, 6.07) is 10.4. The Balaban J connectivity index is 0.000000285. The molecule has 2 heterocycles. The van der Waals surface area contributed by atoms with E-state index in [1.165, 1.54) is 29.5 Å². The van der Waals surface area contributed by atoms with Crippen LogP contribution in [-0.4, -0.2) is 29.3 Å². The molecule has 1 fully saturated rings. The zero-order valence-electron chi connectivity index (χ0n) is 25.1. The second-order valence-electron chi connectivity index (χ2n) is 10.1. The van der Waals surface area contributed by atoms with Crippen molar-refractivity contribution >= 4 is 18.0 Å². The van der Waals surface area contributed by atoms with Gasteiger partial charge in [-0.1, -0.05) is 67.9 Å². The van der Waals surface area contributed by atoms with E-state index >= 15 is 0 Å². The van der Waals surface area contributed by atoms with Crippen molar-refractivity contribution in [3.05, 3.63) is 87.6 Å². The van der Waals surface area contributed by atoms with Crippen molar-refractivity contribution in [3.63, 3.8) is 0 Å². The van der Waals surface area contributed by atoms with E-state index in [9.17, 15) is 0 Å². The Labute approximate surface area is 241 Å². The van der Waals surface area contributed by atoms with Crippen LogP contribution in [0.25, 0.3) is 0 Å². The Morgan fingerprint density at radius 2 is 1.92 bits per heavy atom. The highest BCUT2D eigenvalue weighted by Crippen LogP contribution is 2.27. The lowest BCUT2D eigenvalue weighted by Gasteiger charge is -2.10. The Morgan fingerprint density at radius 1 is 1.18 bits per heavy atom. The predicted molar refractivity (Wildman–Crippen MR) is 168 cm³/mol. The number of allylic oxidation sites excluding steroid dienone is 4. The van der Waals surface area contributed by atoms with Crippen LogP contribution in [0.5, 0.6) is 0 Å². The molecule has 2 atom stereocenters.